The third-order valence-corrected chi connectivity index (χ3v) is 5.51. The number of anilines is 1. The van der Waals surface area contributed by atoms with Crippen LogP contribution in [0.25, 0.3) is 11.4 Å². The summed E-state index contributed by atoms with van der Waals surface area (Å²) in [7, 11) is 0. The number of rotatable bonds is 5. The van der Waals surface area contributed by atoms with Crippen molar-refractivity contribution in [2.24, 2.45) is 0 Å². The largest absolute Gasteiger partial charge is 0.416 e. The molecule has 0 aliphatic carbocycles. The molecule has 0 bridgehead atoms. The molecule has 0 saturated carbocycles. The van der Waals surface area contributed by atoms with E-state index in [4.69, 9.17) is 0 Å². The van der Waals surface area contributed by atoms with Crippen LogP contribution in [-0.4, -0.2) is 25.2 Å². The Labute approximate surface area is 192 Å². The quantitative estimate of drug-likeness (QED) is 0.401. The van der Waals surface area contributed by atoms with Crippen molar-refractivity contribution in [3.63, 3.8) is 0 Å². The molecule has 2 aromatic carbocycles. The number of benzene rings is 2. The second-order valence-electron chi connectivity index (χ2n) is 7.84. The molecule has 6 nitrogen and oxygen atoms in total. The SMILES string of the molecule is Cc1nn(-c2cccc(C(F)(F)F)c2)c(C)c1CC(=O)Nc1ccc(-n2ccnc2C)c(F)c1. The van der Waals surface area contributed by atoms with Crippen LogP contribution in [0.5, 0.6) is 0 Å². The summed E-state index contributed by atoms with van der Waals surface area (Å²) >= 11 is 0. The first-order valence-electron chi connectivity index (χ1n) is 10.4. The number of aryl methyl sites for hydroxylation is 2. The maximum atomic E-state index is 14.6. The topological polar surface area (TPSA) is 64.7 Å². The Balaban J connectivity index is 1.53. The molecule has 1 N–H and O–H groups in total. The van der Waals surface area contributed by atoms with Crippen LogP contribution >= 0.6 is 0 Å². The van der Waals surface area contributed by atoms with E-state index in [0.29, 0.717) is 28.5 Å². The summed E-state index contributed by atoms with van der Waals surface area (Å²) in [6.07, 6.45) is -1.34. The first kappa shape index (κ1) is 23.2. The van der Waals surface area contributed by atoms with Gasteiger partial charge in [0.05, 0.1) is 29.1 Å². The second kappa shape index (κ2) is 8.77. The molecule has 0 saturated heterocycles. The maximum Gasteiger partial charge on any atom is 0.416 e. The monoisotopic (exact) mass is 471 g/mol. The van der Waals surface area contributed by atoms with Crippen LogP contribution < -0.4 is 5.32 Å². The highest BCUT2D eigenvalue weighted by Gasteiger charge is 2.30. The van der Waals surface area contributed by atoms with E-state index >= 15 is 0 Å². The predicted molar refractivity (Wildman–Crippen MR) is 119 cm³/mol. The number of hydrogen-bond acceptors (Lipinski definition) is 3. The summed E-state index contributed by atoms with van der Waals surface area (Å²) in [6.45, 7) is 5.12. The lowest BCUT2D eigenvalue weighted by atomic mass is 10.1. The van der Waals surface area contributed by atoms with Crippen molar-refractivity contribution in [3.05, 3.63) is 89.0 Å². The molecule has 0 unspecified atom stereocenters. The third-order valence-electron chi connectivity index (χ3n) is 5.51. The second-order valence-corrected chi connectivity index (χ2v) is 7.84. The third kappa shape index (κ3) is 4.57. The average Bonchev–Trinajstić information content (AvgIpc) is 3.31. The molecule has 0 atom stereocenters. The van der Waals surface area contributed by atoms with Gasteiger partial charge in [-0.05, 0) is 57.2 Å². The van der Waals surface area contributed by atoms with E-state index in [2.05, 4.69) is 15.4 Å². The van der Waals surface area contributed by atoms with Crippen LogP contribution in [0.3, 0.4) is 0 Å². The Bertz CT molecular complexity index is 1370. The molecular weight excluding hydrogens is 450 g/mol. The fraction of sp³-hybridized carbons (Fsp3) is 0.208. The van der Waals surface area contributed by atoms with Crippen LogP contribution in [0.15, 0.2) is 54.9 Å². The molecule has 4 rings (SSSR count). The van der Waals surface area contributed by atoms with Gasteiger partial charge in [-0.15, -0.1) is 0 Å². The number of hydrogen-bond donors (Lipinski definition) is 1. The van der Waals surface area contributed by atoms with Crippen molar-refractivity contribution in [1.82, 2.24) is 19.3 Å². The zero-order valence-electron chi connectivity index (χ0n) is 18.6. The lowest BCUT2D eigenvalue weighted by Gasteiger charge is -2.11. The number of halogens is 4. The molecular formula is C24H21F4N5O. The summed E-state index contributed by atoms with van der Waals surface area (Å²) < 4.78 is 56.9. The molecule has 176 valence electrons. The number of imidazole rings is 1. The van der Waals surface area contributed by atoms with Gasteiger partial charge in [0, 0.05) is 29.3 Å². The van der Waals surface area contributed by atoms with E-state index in [1.165, 1.54) is 22.9 Å². The van der Waals surface area contributed by atoms with Crippen molar-refractivity contribution in [1.29, 1.82) is 0 Å². The Morgan fingerprint density at radius 3 is 2.50 bits per heavy atom. The Kier molecular flexibility index (Phi) is 5.99. The minimum absolute atomic E-state index is 0.0688. The number of aromatic nitrogens is 4. The summed E-state index contributed by atoms with van der Waals surface area (Å²) in [5, 5.41) is 6.99. The number of nitrogens with one attached hydrogen (secondary N) is 1. The summed E-state index contributed by atoms with van der Waals surface area (Å²) in [5.41, 5.74) is 1.70. The number of amides is 1. The fourth-order valence-electron chi connectivity index (χ4n) is 3.77. The average molecular weight is 471 g/mol. The van der Waals surface area contributed by atoms with Gasteiger partial charge in [-0.25, -0.2) is 14.1 Å². The van der Waals surface area contributed by atoms with E-state index in [1.807, 2.05) is 0 Å². The Morgan fingerprint density at radius 2 is 1.85 bits per heavy atom. The predicted octanol–water partition coefficient (Wildman–Crippen LogP) is 5.32. The van der Waals surface area contributed by atoms with Crippen molar-refractivity contribution >= 4 is 11.6 Å². The van der Waals surface area contributed by atoms with E-state index in [1.54, 1.807) is 49.9 Å². The zero-order valence-corrected chi connectivity index (χ0v) is 18.6. The molecule has 10 heteroatoms. The fourth-order valence-corrected chi connectivity index (χ4v) is 3.77. The summed E-state index contributed by atoms with van der Waals surface area (Å²) in [4.78, 5) is 16.7. The van der Waals surface area contributed by atoms with Crippen LogP contribution in [-0.2, 0) is 17.4 Å². The van der Waals surface area contributed by atoms with Crippen LogP contribution in [0, 0.1) is 26.6 Å². The Hall–Kier alpha value is -3.95. The van der Waals surface area contributed by atoms with Gasteiger partial charge in [0.2, 0.25) is 5.91 Å². The zero-order chi connectivity index (χ0) is 24.6. The number of alkyl halides is 3. The van der Waals surface area contributed by atoms with Crippen LogP contribution in [0.4, 0.5) is 23.2 Å². The molecule has 2 aromatic heterocycles. The molecule has 0 aliphatic rings. The van der Waals surface area contributed by atoms with E-state index in [-0.39, 0.29) is 17.8 Å². The number of carbonyl (C=O) groups excluding carboxylic acids is 1. The number of carbonyl (C=O) groups is 1. The van der Waals surface area contributed by atoms with Crippen molar-refractivity contribution in [2.75, 3.05) is 5.32 Å². The molecule has 4 aromatic rings. The van der Waals surface area contributed by atoms with Gasteiger partial charge >= 0.3 is 6.18 Å². The molecule has 0 radical (unpaired) electrons. The van der Waals surface area contributed by atoms with Gasteiger partial charge < -0.3 is 9.88 Å². The Morgan fingerprint density at radius 1 is 1.09 bits per heavy atom. The van der Waals surface area contributed by atoms with Crippen molar-refractivity contribution in [3.8, 4) is 11.4 Å². The first-order valence-corrected chi connectivity index (χ1v) is 10.4. The van der Waals surface area contributed by atoms with Gasteiger partial charge in [-0.3, -0.25) is 4.79 Å². The smallest absolute Gasteiger partial charge is 0.326 e. The molecule has 1 amide bonds. The van der Waals surface area contributed by atoms with Gasteiger partial charge in [-0.1, -0.05) is 6.07 Å². The standard InChI is InChI=1S/C24H21F4N5O/c1-14-20(15(2)33(31-14)19-6-4-5-17(11-19)24(26,27)28)13-23(34)30-18-7-8-22(21(25)12-18)32-10-9-29-16(32)3/h4-12H,13H2,1-3H3,(H,30,34). The van der Waals surface area contributed by atoms with E-state index in [0.717, 1.165) is 12.1 Å². The van der Waals surface area contributed by atoms with Crippen LogP contribution in [0.1, 0.15) is 28.3 Å². The molecule has 0 aliphatic heterocycles. The summed E-state index contributed by atoms with van der Waals surface area (Å²) in [5.74, 6) is -0.302. The van der Waals surface area contributed by atoms with Gasteiger partial charge in [-0.2, -0.15) is 18.3 Å². The van der Waals surface area contributed by atoms with Crippen molar-refractivity contribution in [2.45, 2.75) is 33.4 Å². The molecule has 34 heavy (non-hydrogen) atoms. The lowest BCUT2D eigenvalue weighted by Crippen LogP contribution is -2.16. The lowest BCUT2D eigenvalue weighted by molar-refractivity contribution is -0.137. The van der Waals surface area contributed by atoms with Crippen LogP contribution in [0.2, 0.25) is 0 Å². The highest BCUT2D eigenvalue weighted by Crippen LogP contribution is 2.31. The molecule has 0 fully saturated rings. The minimum Gasteiger partial charge on any atom is -0.326 e. The van der Waals surface area contributed by atoms with E-state index < -0.39 is 23.5 Å². The van der Waals surface area contributed by atoms with Gasteiger partial charge in [0.25, 0.3) is 0 Å². The van der Waals surface area contributed by atoms with Gasteiger partial charge in [0.15, 0.2) is 0 Å². The van der Waals surface area contributed by atoms with Gasteiger partial charge in [0.1, 0.15) is 11.6 Å². The highest BCUT2D eigenvalue weighted by atomic mass is 19.4. The highest BCUT2D eigenvalue weighted by molar-refractivity contribution is 5.92. The minimum atomic E-state index is -4.48. The normalized spacial score (nSPS) is 11.6. The first-order chi connectivity index (χ1) is 16.0. The molecule has 0 spiro atoms. The molecule has 2 heterocycles. The maximum absolute atomic E-state index is 14.6. The summed E-state index contributed by atoms with van der Waals surface area (Å²) in [6, 6.07) is 9.18. The van der Waals surface area contributed by atoms with E-state index in [9.17, 15) is 22.4 Å². The number of nitrogens with zero attached hydrogens (tertiary/aromatic N) is 4. The van der Waals surface area contributed by atoms with Crippen molar-refractivity contribution < 1.29 is 22.4 Å².